The van der Waals surface area contributed by atoms with Gasteiger partial charge in [-0.3, -0.25) is 9.79 Å². The maximum Gasteiger partial charge on any atom is 0.270 e. The summed E-state index contributed by atoms with van der Waals surface area (Å²) in [5, 5.41) is 4.00. The number of aromatic nitrogens is 4. The standard InChI is InChI=1S/C18H17N7O/c26-18(25-3-1-2-4-25)14-6-13-16(23-14)21-10-22-17(13)24-15-5-11-7-19-8-12(11)9-20-15/h5-7,9-10H,1-4,8H2,(H2,20,21,22,23,24). The Balaban J connectivity index is 1.48. The zero-order valence-electron chi connectivity index (χ0n) is 14.1. The molecule has 2 N–H and O–H groups in total. The second-order valence-electron chi connectivity index (χ2n) is 6.53. The van der Waals surface area contributed by atoms with E-state index in [-0.39, 0.29) is 5.91 Å². The molecule has 26 heavy (non-hydrogen) atoms. The molecule has 0 aliphatic carbocycles. The van der Waals surface area contributed by atoms with Crippen molar-refractivity contribution in [3.63, 3.8) is 0 Å². The number of hydrogen-bond acceptors (Lipinski definition) is 6. The monoisotopic (exact) mass is 347 g/mol. The molecule has 8 heteroatoms. The van der Waals surface area contributed by atoms with Crippen LogP contribution in [0.25, 0.3) is 11.0 Å². The third-order valence-electron chi connectivity index (χ3n) is 4.81. The summed E-state index contributed by atoms with van der Waals surface area (Å²) < 4.78 is 0. The lowest BCUT2D eigenvalue weighted by Gasteiger charge is -2.13. The summed E-state index contributed by atoms with van der Waals surface area (Å²) >= 11 is 0. The Morgan fingerprint density at radius 1 is 1.15 bits per heavy atom. The molecule has 5 heterocycles. The van der Waals surface area contributed by atoms with Gasteiger partial charge < -0.3 is 15.2 Å². The minimum atomic E-state index is 0.0123. The number of nitrogens with one attached hydrogen (secondary N) is 2. The van der Waals surface area contributed by atoms with Crippen molar-refractivity contribution in [2.75, 3.05) is 18.4 Å². The highest BCUT2D eigenvalue weighted by Gasteiger charge is 2.22. The van der Waals surface area contributed by atoms with E-state index >= 15 is 0 Å². The first-order valence-corrected chi connectivity index (χ1v) is 8.67. The summed E-state index contributed by atoms with van der Waals surface area (Å²) in [5.41, 5.74) is 3.35. The summed E-state index contributed by atoms with van der Waals surface area (Å²) in [4.78, 5) is 34.8. The summed E-state index contributed by atoms with van der Waals surface area (Å²) in [5.74, 6) is 1.32. The van der Waals surface area contributed by atoms with Crippen molar-refractivity contribution in [1.29, 1.82) is 0 Å². The Morgan fingerprint density at radius 3 is 2.92 bits per heavy atom. The predicted octanol–water partition coefficient (Wildman–Crippen LogP) is 2.26. The van der Waals surface area contributed by atoms with Gasteiger partial charge >= 0.3 is 0 Å². The van der Waals surface area contributed by atoms with Gasteiger partial charge in [-0.05, 0) is 25.0 Å². The normalized spacial score (nSPS) is 15.6. The van der Waals surface area contributed by atoms with Gasteiger partial charge in [-0.15, -0.1) is 0 Å². The van der Waals surface area contributed by atoms with Gasteiger partial charge in [-0.2, -0.15) is 0 Å². The molecule has 8 nitrogen and oxygen atoms in total. The highest BCUT2D eigenvalue weighted by molar-refractivity contribution is 6.00. The van der Waals surface area contributed by atoms with E-state index in [2.05, 4.69) is 30.2 Å². The summed E-state index contributed by atoms with van der Waals surface area (Å²) in [6.45, 7) is 2.30. The van der Waals surface area contributed by atoms with Crippen LogP contribution >= 0.6 is 0 Å². The Bertz CT molecular complexity index is 1030. The van der Waals surface area contributed by atoms with E-state index in [0.29, 0.717) is 29.5 Å². The SMILES string of the molecule is O=C(c1cc2c(Nc3cc4c(cn3)CN=C4)ncnc2[nH]1)N1CCCC1. The molecule has 5 rings (SSSR count). The Kier molecular flexibility index (Phi) is 3.41. The van der Waals surface area contributed by atoms with Crippen LogP contribution in [0.2, 0.25) is 0 Å². The zero-order chi connectivity index (χ0) is 17.5. The fraction of sp³-hybridized carbons (Fsp3) is 0.278. The summed E-state index contributed by atoms with van der Waals surface area (Å²) in [7, 11) is 0. The molecule has 2 aliphatic rings. The number of H-pyrrole nitrogens is 1. The van der Waals surface area contributed by atoms with Gasteiger partial charge in [-0.1, -0.05) is 0 Å². The molecule has 0 bridgehead atoms. The van der Waals surface area contributed by atoms with Crippen molar-refractivity contribution in [2.45, 2.75) is 19.4 Å². The first-order chi connectivity index (χ1) is 12.8. The van der Waals surface area contributed by atoms with E-state index in [4.69, 9.17) is 0 Å². The Hall–Kier alpha value is -3.29. The molecular weight excluding hydrogens is 330 g/mol. The van der Waals surface area contributed by atoms with Gasteiger partial charge in [-0.25, -0.2) is 15.0 Å². The second-order valence-corrected chi connectivity index (χ2v) is 6.53. The molecule has 0 aromatic carbocycles. The fourth-order valence-corrected chi connectivity index (χ4v) is 3.43. The maximum absolute atomic E-state index is 12.6. The quantitative estimate of drug-likeness (QED) is 0.757. The average molecular weight is 347 g/mol. The number of aromatic amines is 1. The number of carbonyl (C=O) groups excluding carboxylic acids is 1. The molecule has 1 fully saturated rings. The van der Waals surface area contributed by atoms with Crippen LogP contribution in [0.1, 0.15) is 34.5 Å². The van der Waals surface area contributed by atoms with Gasteiger partial charge in [0, 0.05) is 36.6 Å². The van der Waals surface area contributed by atoms with Crippen LogP contribution in [0.4, 0.5) is 11.6 Å². The van der Waals surface area contributed by atoms with Gasteiger partial charge in [0.15, 0.2) is 0 Å². The topological polar surface area (TPSA) is 99.2 Å². The van der Waals surface area contributed by atoms with E-state index in [1.54, 1.807) is 0 Å². The third-order valence-corrected chi connectivity index (χ3v) is 4.81. The van der Waals surface area contributed by atoms with Crippen molar-refractivity contribution in [1.82, 2.24) is 24.8 Å². The number of fused-ring (bicyclic) bond motifs is 2. The van der Waals surface area contributed by atoms with Crippen LogP contribution in [0.5, 0.6) is 0 Å². The number of carbonyl (C=O) groups is 1. The van der Waals surface area contributed by atoms with Gasteiger partial charge in [0.05, 0.1) is 11.9 Å². The Morgan fingerprint density at radius 2 is 2.04 bits per heavy atom. The molecule has 3 aromatic heterocycles. The molecule has 0 radical (unpaired) electrons. The molecule has 130 valence electrons. The molecular formula is C18H17N7O. The number of aliphatic imine (C=N–C) groups is 1. The smallest absolute Gasteiger partial charge is 0.270 e. The number of anilines is 2. The predicted molar refractivity (Wildman–Crippen MR) is 97.8 cm³/mol. The van der Waals surface area contributed by atoms with Gasteiger partial charge in [0.25, 0.3) is 5.91 Å². The van der Waals surface area contributed by atoms with Gasteiger partial charge in [0.2, 0.25) is 0 Å². The Labute approximate surface area is 149 Å². The van der Waals surface area contributed by atoms with E-state index in [1.807, 2.05) is 29.4 Å². The van der Waals surface area contributed by atoms with Crippen LogP contribution in [-0.2, 0) is 6.54 Å². The summed E-state index contributed by atoms with van der Waals surface area (Å²) in [6, 6.07) is 3.76. The fourth-order valence-electron chi connectivity index (χ4n) is 3.43. The first kappa shape index (κ1) is 15.0. The molecule has 1 saturated heterocycles. The second kappa shape index (κ2) is 5.91. The maximum atomic E-state index is 12.6. The number of hydrogen-bond donors (Lipinski definition) is 2. The van der Waals surface area contributed by atoms with E-state index < -0.39 is 0 Å². The number of amides is 1. The van der Waals surface area contributed by atoms with Crippen LogP contribution < -0.4 is 5.32 Å². The van der Waals surface area contributed by atoms with Crippen molar-refractivity contribution >= 4 is 34.8 Å². The molecule has 0 saturated carbocycles. The molecule has 2 aliphatic heterocycles. The molecule has 0 atom stereocenters. The lowest BCUT2D eigenvalue weighted by molar-refractivity contribution is 0.0788. The third kappa shape index (κ3) is 2.50. The van der Waals surface area contributed by atoms with Crippen molar-refractivity contribution < 1.29 is 4.79 Å². The highest BCUT2D eigenvalue weighted by atomic mass is 16.2. The van der Waals surface area contributed by atoms with Crippen LogP contribution in [0.3, 0.4) is 0 Å². The molecule has 3 aromatic rings. The van der Waals surface area contributed by atoms with Crippen molar-refractivity contribution in [3.05, 3.63) is 41.5 Å². The molecule has 0 unspecified atom stereocenters. The number of likely N-dealkylation sites (tertiary alicyclic amines) is 1. The number of pyridine rings is 1. The van der Waals surface area contributed by atoms with Crippen LogP contribution in [-0.4, -0.2) is 50.0 Å². The number of rotatable bonds is 3. The van der Waals surface area contributed by atoms with E-state index in [1.165, 1.54) is 6.33 Å². The van der Waals surface area contributed by atoms with Crippen LogP contribution in [0, 0.1) is 0 Å². The molecule has 1 amide bonds. The largest absolute Gasteiger partial charge is 0.337 e. The van der Waals surface area contributed by atoms with Crippen molar-refractivity contribution in [3.8, 4) is 0 Å². The van der Waals surface area contributed by atoms with E-state index in [9.17, 15) is 4.79 Å². The van der Waals surface area contributed by atoms with Crippen LogP contribution in [0.15, 0.2) is 29.6 Å². The lowest BCUT2D eigenvalue weighted by atomic mass is 10.2. The van der Waals surface area contributed by atoms with Crippen molar-refractivity contribution in [2.24, 2.45) is 4.99 Å². The summed E-state index contributed by atoms with van der Waals surface area (Å²) in [6.07, 6.45) is 7.27. The first-order valence-electron chi connectivity index (χ1n) is 8.67. The number of nitrogens with zero attached hydrogens (tertiary/aromatic N) is 5. The highest BCUT2D eigenvalue weighted by Crippen LogP contribution is 2.25. The minimum Gasteiger partial charge on any atom is -0.337 e. The average Bonchev–Trinajstić information content (AvgIpc) is 3.40. The lowest BCUT2D eigenvalue weighted by Crippen LogP contribution is -2.27. The van der Waals surface area contributed by atoms with Gasteiger partial charge in [0.1, 0.15) is 29.3 Å². The zero-order valence-corrected chi connectivity index (χ0v) is 14.1. The minimum absolute atomic E-state index is 0.0123. The van der Waals surface area contributed by atoms with E-state index in [0.717, 1.165) is 42.4 Å². The molecule has 0 spiro atoms.